The number of carboxylic acids is 1. The summed E-state index contributed by atoms with van der Waals surface area (Å²) in [6.07, 6.45) is 1.76. The molecular weight excluding hydrogens is 376 g/mol. The summed E-state index contributed by atoms with van der Waals surface area (Å²) in [6, 6.07) is 6.94. The number of benzene rings is 1. The topological polar surface area (TPSA) is 88.5 Å². The van der Waals surface area contributed by atoms with Crippen LogP contribution in [0.1, 0.15) is 39.6 Å². The van der Waals surface area contributed by atoms with Crippen molar-refractivity contribution in [2.75, 3.05) is 0 Å². The first kappa shape index (κ1) is 18.7. The van der Waals surface area contributed by atoms with Crippen LogP contribution in [0.25, 0.3) is 0 Å². The van der Waals surface area contributed by atoms with E-state index in [1.807, 2.05) is 0 Å². The lowest BCUT2D eigenvalue weighted by Gasteiger charge is -2.11. The second-order valence-corrected chi connectivity index (χ2v) is 7.80. The molecule has 1 aliphatic rings. The monoisotopic (exact) mass is 394 g/mol. The lowest BCUT2D eigenvalue weighted by atomic mass is 10.1. The Morgan fingerprint density at radius 3 is 2.73 bits per heavy atom. The van der Waals surface area contributed by atoms with E-state index in [0.29, 0.717) is 45.6 Å². The van der Waals surface area contributed by atoms with Crippen molar-refractivity contribution in [3.05, 3.63) is 44.9 Å². The van der Waals surface area contributed by atoms with Crippen molar-refractivity contribution in [2.45, 2.75) is 38.8 Å². The Labute approximate surface area is 160 Å². The van der Waals surface area contributed by atoms with Crippen molar-refractivity contribution in [3.63, 3.8) is 0 Å². The first-order valence-corrected chi connectivity index (χ1v) is 9.50. The van der Waals surface area contributed by atoms with Crippen molar-refractivity contribution >= 4 is 34.8 Å². The minimum atomic E-state index is -0.794. The SMILES string of the molecule is Cc1nc(COc2ccc(Cl)cc2)sc1C(=O)N[C@H]1CC[C@@H](C(=O)O)C1. The highest BCUT2D eigenvalue weighted by Crippen LogP contribution is 2.27. The zero-order chi connectivity index (χ0) is 18.7. The van der Waals surface area contributed by atoms with Crippen LogP contribution in [0, 0.1) is 12.8 Å². The quantitative estimate of drug-likeness (QED) is 0.780. The van der Waals surface area contributed by atoms with Gasteiger partial charge >= 0.3 is 5.97 Å². The van der Waals surface area contributed by atoms with E-state index in [0.717, 1.165) is 0 Å². The van der Waals surface area contributed by atoms with Crippen molar-refractivity contribution in [1.82, 2.24) is 10.3 Å². The van der Waals surface area contributed by atoms with Gasteiger partial charge < -0.3 is 15.2 Å². The van der Waals surface area contributed by atoms with E-state index < -0.39 is 5.97 Å². The van der Waals surface area contributed by atoms with Gasteiger partial charge in [-0.05, 0) is 50.5 Å². The second kappa shape index (κ2) is 8.05. The van der Waals surface area contributed by atoms with Crippen LogP contribution in [-0.2, 0) is 11.4 Å². The lowest BCUT2D eigenvalue weighted by molar-refractivity contribution is -0.141. The summed E-state index contributed by atoms with van der Waals surface area (Å²) in [5.41, 5.74) is 0.648. The van der Waals surface area contributed by atoms with Crippen LogP contribution < -0.4 is 10.1 Å². The van der Waals surface area contributed by atoms with E-state index in [-0.39, 0.29) is 24.5 Å². The Morgan fingerprint density at radius 2 is 2.08 bits per heavy atom. The van der Waals surface area contributed by atoms with Crippen molar-refractivity contribution in [2.24, 2.45) is 5.92 Å². The number of hydrogen-bond acceptors (Lipinski definition) is 5. The summed E-state index contributed by atoms with van der Waals surface area (Å²) >= 11 is 7.13. The number of ether oxygens (including phenoxy) is 1. The Bertz CT molecular complexity index is 806. The molecule has 1 aromatic carbocycles. The molecule has 6 nitrogen and oxygen atoms in total. The summed E-state index contributed by atoms with van der Waals surface area (Å²) in [7, 11) is 0. The normalized spacial score (nSPS) is 19.3. The molecule has 0 spiro atoms. The van der Waals surface area contributed by atoms with Crippen molar-refractivity contribution < 1.29 is 19.4 Å². The number of hydrogen-bond donors (Lipinski definition) is 2. The van der Waals surface area contributed by atoms with Gasteiger partial charge in [-0.25, -0.2) is 4.98 Å². The van der Waals surface area contributed by atoms with Gasteiger partial charge in [0.1, 0.15) is 22.2 Å². The largest absolute Gasteiger partial charge is 0.486 e. The molecule has 138 valence electrons. The maximum atomic E-state index is 12.5. The Balaban J connectivity index is 1.58. The molecule has 2 N–H and O–H groups in total. The van der Waals surface area contributed by atoms with Gasteiger partial charge in [-0.3, -0.25) is 9.59 Å². The highest BCUT2D eigenvalue weighted by atomic mass is 35.5. The Hall–Kier alpha value is -2.12. The number of nitrogens with one attached hydrogen (secondary N) is 1. The van der Waals surface area contributed by atoms with Crippen molar-refractivity contribution in [1.29, 1.82) is 0 Å². The smallest absolute Gasteiger partial charge is 0.306 e. The molecule has 0 aliphatic heterocycles. The third kappa shape index (κ3) is 4.53. The zero-order valence-corrected chi connectivity index (χ0v) is 15.8. The number of amides is 1. The highest BCUT2D eigenvalue weighted by Gasteiger charge is 2.31. The Kier molecular flexibility index (Phi) is 5.78. The molecule has 1 amide bonds. The van der Waals surface area contributed by atoms with E-state index in [2.05, 4.69) is 10.3 Å². The van der Waals surface area contributed by atoms with E-state index in [9.17, 15) is 9.59 Å². The van der Waals surface area contributed by atoms with Gasteiger partial charge in [0.25, 0.3) is 5.91 Å². The molecule has 1 aromatic heterocycles. The molecule has 26 heavy (non-hydrogen) atoms. The molecule has 1 fully saturated rings. The third-order valence-corrected chi connectivity index (χ3v) is 5.72. The number of aliphatic carboxylic acids is 1. The predicted octanol–water partition coefficient (Wildman–Crippen LogP) is 3.67. The molecule has 3 rings (SSSR count). The Morgan fingerprint density at radius 1 is 1.35 bits per heavy atom. The molecule has 0 saturated heterocycles. The molecule has 0 bridgehead atoms. The van der Waals surface area contributed by atoms with Crippen LogP contribution in [0.3, 0.4) is 0 Å². The number of aryl methyl sites for hydroxylation is 1. The number of rotatable bonds is 6. The highest BCUT2D eigenvalue weighted by molar-refractivity contribution is 7.13. The minimum absolute atomic E-state index is 0.0983. The predicted molar refractivity (Wildman–Crippen MR) is 98.9 cm³/mol. The fourth-order valence-electron chi connectivity index (χ4n) is 2.99. The van der Waals surface area contributed by atoms with Crippen LogP contribution >= 0.6 is 22.9 Å². The number of halogens is 1. The molecule has 0 unspecified atom stereocenters. The van der Waals surface area contributed by atoms with Gasteiger partial charge in [0.15, 0.2) is 0 Å². The summed E-state index contributed by atoms with van der Waals surface area (Å²) in [5, 5.41) is 13.3. The molecule has 0 radical (unpaired) electrons. The van der Waals surface area contributed by atoms with Crippen LogP contribution in [0.15, 0.2) is 24.3 Å². The molecule has 2 aromatic rings. The molecule has 1 aliphatic carbocycles. The lowest BCUT2D eigenvalue weighted by Crippen LogP contribution is -2.33. The molecule has 1 saturated carbocycles. The minimum Gasteiger partial charge on any atom is -0.486 e. The zero-order valence-electron chi connectivity index (χ0n) is 14.2. The van der Waals surface area contributed by atoms with Crippen LogP contribution in [0.2, 0.25) is 5.02 Å². The third-order valence-electron chi connectivity index (χ3n) is 4.34. The van der Waals surface area contributed by atoms with Gasteiger partial charge in [-0.15, -0.1) is 11.3 Å². The number of carbonyl (C=O) groups is 2. The molecular formula is C18H19ClN2O4S. The molecule has 2 atom stereocenters. The van der Waals surface area contributed by atoms with Crippen molar-refractivity contribution in [3.8, 4) is 5.75 Å². The standard InChI is InChI=1S/C18H19ClN2O4S/c1-10-16(17(22)21-13-5-2-11(8-13)18(23)24)26-15(20-10)9-25-14-6-3-12(19)4-7-14/h3-4,6-7,11,13H,2,5,8-9H2,1H3,(H,21,22)(H,23,24)/t11-,13+/m1/s1. The van der Waals surface area contributed by atoms with Gasteiger partial charge in [-0.1, -0.05) is 11.6 Å². The maximum Gasteiger partial charge on any atom is 0.306 e. The van der Waals surface area contributed by atoms with Gasteiger partial charge in [0, 0.05) is 11.1 Å². The summed E-state index contributed by atoms with van der Waals surface area (Å²) in [5.74, 6) is -0.684. The van der Waals surface area contributed by atoms with E-state index in [4.69, 9.17) is 21.4 Å². The summed E-state index contributed by atoms with van der Waals surface area (Å²) in [6.45, 7) is 2.05. The van der Waals surface area contributed by atoms with Crippen LogP contribution in [0.4, 0.5) is 0 Å². The van der Waals surface area contributed by atoms with Gasteiger partial charge in [0.05, 0.1) is 11.6 Å². The maximum absolute atomic E-state index is 12.5. The average Bonchev–Trinajstić information content (AvgIpc) is 3.21. The fraction of sp³-hybridized carbons (Fsp3) is 0.389. The van der Waals surface area contributed by atoms with E-state index >= 15 is 0 Å². The average molecular weight is 395 g/mol. The number of nitrogens with zero attached hydrogens (tertiary/aromatic N) is 1. The van der Waals surface area contributed by atoms with Gasteiger partial charge in [-0.2, -0.15) is 0 Å². The summed E-state index contributed by atoms with van der Waals surface area (Å²) < 4.78 is 5.66. The van der Waals surface area contributed by atoms with E-state index in [1.165, 1.54) is 11.3 Å². The number of thiazole rings is 1. The van der Waals surface area contributed by atoms with Gasteiger partial charge in [0.2, 0.25) is 0 Å². The number of carbonyl (C=O) groups excluding carboxylic acids is 1. The number of carboxylic acid groups (broad SMARTS) is 1. The summed E-state index contributed by atoms with van der Waals surface area (Å²) in [4.78, 5) is 28.4. The fourth-order valence-corrected chi connectivity index (χ4v) is 4.00. The number of aromatic nitrogens is 1. The van der Waals surface area contributed by atoms with E-state index in [1.54, 1.807) is 31.2 Å². The van der Waals surface area contributed by atoms with Crippen LogP contribution in [0.5, 0.6) is 5.75 Å². The first-order chi connectivity index (χ1) is 12.4. The van der Waals surface area contributed by atoms with Crippen LogP contribution in [-0.4, -0.2) is 28.0 Å². The molecule has 8 heteroatoms. The second-order valence-electron chi connectivity index (χ2n) is 6.28. The first-order valence-electron chi connectivity index (χ1n) is 8.30. The molecule has 1 heterocycles.